The second-order valence-electron chi connectivity index (χ2n) is 4.65. The van der Waals surface area contributed by atoms with Crippen molar-refractivity contribution in [1.82, 2.24) is 19.5 Å². The number of rotatable bonds is 1. The van der Waals surface area contributed by atoms with Gasteiger partial charge < -0.3 is 26.2 Å². The van der Waals surface area contributed by atoms with Crippen LogP contribution in [0.5, 0.6) is 0 Å². The van der Waals surface area contributed by atoms with E-state index >= 15 is 0 Å². The highest BCUT2D eigenvalue weighted by atomic mass is 35.5. The summed E-state index contributed by atoms with van der Waals surface area (Å²) in [6.07, 6.45) is -0.0560. The highest BCUT2D eigenvalue weighted by Gasteiger charge is 2.41. The maximum atomic E-state index is 10.0. The molecule has 1 fully saturated rings. The van der Waals surface area contributed by atoms with Crippen LogP contribution in [0.25, 0.3) is 11.2 Å². The van der Waals surface area contributed by atoms with Crippen molar-refractivity contribution in [2.45, 2.75) is 30.7 Å². The zero-order chi connectivity index (χ0) is 13.7. The van der Waals surface area contributed by atoms with Crippen molar-refractivity contribution in [3.8, 4) is 0 Å². The Labute approximate surface area is 113 Å². The number of halogens is 1. The fourth-order valence-corrected chi connectivity index (χ4v) is 2.64. The van der Waals surface area contributed by atoms with Crippen LogP contribution in [0.4, 0.5) is 5.82 Å². The molecule has 1 aliphatic rings. The number of nitrogens with zero attached hydrogens (tertiary/aromatic N) is 4. The SMILES string of the molecule is Nc1nc(Cl)nc2c1ncn2[C@@H]1C[C@H](N)[C@@H](O)[C@H]1O. The number of nitrogens with two attached hydrogens (primary N) is 2. The summed E-state index contributed by atoms with van der Waals surface area (Å²) in [6.45, 7) is 0. The second-order valence-corrected chi connectivity index (χ2v) is 4.99. The topological polar surface area (TPSA) is 136 Å². The third-order valence-electron chi connectivity index (χ3n) is 3.47. The number of hydrogen-bond donors (Lipinski definition) is 4. The second kappa shape index (κ2) is 4.27. The molecule has 2 aromatic heterocycles. The number of aliphatic hydroxyl groups excluding tert-OH is 2. The predicted octanol–water partition coefficient (Wildman–Crippen LogP) is -0.944. The third kappa shape index (κ3) is 1.84. The van der Waals surface area contributed by atoms with E-state index in [4.69, 9.17) is 23.1 Å². The number of nitrogen functional groups attached to an aromatic ring is 1. The van der Waals surface area contributed by atoms with Crippen molar-refractivity contribution in [2.24, 2.45) is 5.73 Å². The average molecular weight is 285 g/mol. The van der Waals surface area contributed by atoms with Crippen molar-refractivity contribution < 1.29 is 10.2 Å². The predicted molar refractivity (Wildman–Crippen MR) is 68.4 cm³/mol. The zero-order valence-corrected chi connectivity index (χ0v) is 10.6. The van der Waals surface area contributed by atoms with Crippen LogP contribution < -0.4 is 11.5 Å². The van der Waals surface area contributed by atoms with Gasteiger partial charge in [-0.1, -0.05) is 0 Å². The van der Waals surface area contributed by atoms with Crippen molar-refractivity contribution in [1.29, 1.82) is 0 Å². The summed E-state index contributed by atoms with van der Waals surface area (Å²) in [7, 11) is 0. The minimum Gasteiger partial charge on any atom is -0.389 e. The Bertz CT molecular complexity index is 632. The van der Waals surface area contributed by atoms with Gasteiger partial charge in [0.1, 0.15) is 11.6 Å². The lowest BCUT2D eigenvalue weighted by Gasteiger charge is -2.17. The minimum absolute atomic E-state index is 0.00378. The summed E-state index contributed by atoms with van der Waals surface area (Å²) in [6, 6.07) is -0.910. The highest BCUT2D eigenvalue weighted by Crippen LogP contribution is 2.32. The smallest absolute Gasteiger partial charge is 0.226 e. The molecule has 9 heteroatoms. The van der Waals surface area contributed by atoms with E-state index in [1.807, 2.05) is 0 Å². The van der Waals surface area contributed by atoms with Gasteiger partial charge >= 0.3 is 0 Å². The molecule has 0 unspecified atom stereocenters. The molecule has 0 spiro atoms. The molecule has 0 aliphatic heterocycles. The summed E-state index contributed by atoms with van der Waals surface area (Å²) in [5.74, 6) is 0.172. The van der Waals surface area contributed by atoms with Gasteiger partial charge in [-0.05, 0) is 18.0 Å². The van der Waals surface area contributed by atoms with Crippen molar-refractivity contribution in [3.63, 3.8) is 0 Å². The van der Waals surface area contributed by atoms with Crippen LogP contribution in [0, 0.1) is 0 Å². The zero-order valence-electron chi connectivity index (χ0n) is 9.81. The molecule has 102 valence electrons. The lowest BCUT2D eigenvalue weighted by molar-refractivity contribution is 0.0187. The first kappa shape index (κ1) is 12.5. The highest BCUT2D eigenvalue weighted by molar-refractivity contribution is 6.28. The van der Waals surface area contributed by atoms with Gasteiger partial charge in [0.15, 0.2) is 11.5 Å². The first-order valence-electron chi connectivity index (χ1n) is 5.76. The molecular weight excluding hydrogens is 272 g/mol. The van der Waals surface area contributed by atoms with Crippen LogP contribution in [-0.2, 0) is 0 Å². The lowest BCUT2D eigenvalue weighted by atomic mass is 10.2. The Balaban J connectivity index is 2.11. The first-order chi connectivity index (χ1) is 8.99. The van der Waals surface area contributed by atoms with Gasteiger partial charge in [0.25, 0.3) is 0 Å². The standard InChI is InChI=1S/C10H13ClN6O2/c11-10-15-8(13)5-9(16-10)17(2-14-5)4-1-3(12)6(18)7(4)19/h2-4,6-7,18-19H,1,12H2,(H2,13,15,16)/t3-,4+,6+,7-/m0/s1. The normalized spacial score (nSPS) is 31.2. The molecule has 6 N–H and O–H groups in total. The van der Waals surface area contributed by atoms with Crippen LogP contribution in [0.1, 0.15) is 12.5 Å². The average Bonchev–Trinajstić information content (AvgIpc) is 2.86. The van der Waals surface area contributed by atoms with E-state index in [-0.39, 0.29) is 11.1 Å². The van der Waals surface area contributed by atoms with Crippen molar-refractivity contribution >= 4 is 28.6 Å². The lowest BCUT2D eigenvalue weighted by Crippen LogP contribution is -2.35. The van der Waals surface area contributed by atoms with E-state index in [1.165, 1.54) is 6.33 Å². The quantitative estimate of drug-likeness (QED) is 0.496. The molecule has 2 heterocycles. The van der Waals surface area contributed by atoms with E-state index < -0.39 is 24.3 Å². The van der Waals surface area contributed by atoms with E-state index in [9.17, 15) is 10.2 Å². The van der Waals surface area contributed by atoms with Crippen molar-refractivity contribution in [3.05, 3.63) is 11.6 Å². The Hall–Kier alpha value is -1.48. The molecule has 2 aromatic rings. The summed E-state index contributed by atoms with van der Waals surface area (Å²) in [4.78, 5) is 12.0. The van der Waals surface area contributed by atoms with Gasteiger partial charge in [-0.3, -0.25) is 0 Å². The minimum atomic E-state index is -0.984. The van der Waals surface area contributed by atoms with Crippen LogP contribution in [0.2, 0.25) is 5.28 Å². The molecule has 0 bridgehead atoms. The van der Waals surface area contributed by atoms with Crippen molar-refractivity contribution in [2.75, 3.05) is 5.73 Å². The third-order valence-corrected chi connectivity index (χ3v) is 3.64. The summed E-state index contributed by atoms with van der Waals surface area (Å²) < 4.78 is 1.62. The molecule has 8 nitrogen and oxygen atoms in total. The van der Waals surface area contributed by atoms with Gasteiger partial charge in [-0.25, -0.2) is 4.98 Å². The number of aliphatic hydroxyl groups is 2. The van der Waals surface area contributed by atoms with Gasteiger partial charge in [0.2, 0.25) is 5.28 Å². The summed E-state index contributed by atoms with van der Waals surface area (Å²) in [5, 5.41) is 19.7. The number of anilines is 1. The molecule has 4 atom stereocenters. The number of aromatic nitrogens is 4. The largest absolute Gasteiger partial charge is 0.389 e. The Kier molecular flexibility index (Phi) is 2.82. The van der Waals surface area contributed by atoms with Gasteiger partial charge in [-0.15, -0.1) is 0 Å². The summed E-state index contributed by atoms with van der Waals surface area (Å²) in [5.41, 5.74) is 12.3. The molecule has 1 aliphatic carbocycles. The maximum Gasteiger partial charge on any atom is 0.226 e. The molecule has 19 heavy (non-hydrogen) atoms. The van der Waals surface area contributed by atoms with Gasteiger partial charge in [0, 0.05) is 6.04 Å². The van der Waals surface area contributed by atoms with Crippen LogP contribution >= 0.6 is 11.6 Å². The van der Waals surface area contributed by atoms with E-state index in [1.54, 1.807) is 4.57 Å². The number of fused-ring (bicyclic) bond motifs is 1. The van der Waals surface area contributed by atoms with Gasteiger partial charge in [-0.2, -0.15) is 9.97 Å². The van der Waals surface area contributed by atoms with Crippen LogP contribution in [0.3, 0.4) is 0 Å². The molecular formula is C10H13ClN6O2. The number of hydrogen-bond acceptors (Lipinski definition) is 7. The molecule has 3 rings (SSSR count). The van der Waals surface area contributed by atoms with E-state index in [2.05, 4.69) is 15.0 Å². The molecule has 1 saturated carbocycles. The van der Waals surface area contributed by atoms with Crippen LogP contribution in [-0.4, -0.2) is 48.0 Å². The van der Waals surface area contributed by atoms with Gasteiger partial charge in [0.05, 0.1) is 18.5 Å². The molecule has 0 amide bonds. The molecule has 0 radical (unpaired) electrons. The monoisotopic (exact) mass is 284 g/mol. The first-order valence-corrected chi connectivity index (χ1v) is 6.14. The fourth-order valence-electron chi connectivity index (χ4n) is 2.47. The number of imidazole rings is 1. The fraction of sp³-hybridized carbons (Fsp3) is 0.500. The maximum absolute atomic E-state index is 10.0. The summed E-state index contributed by atoms with van der Waals surface area (Å²) >= 11 is 5.77. The molecule has 0 aromatic carbocycles. The Morgan fingerprint density at radius 2 is 2.05 bits per heavy atom. The van der Waals surface area contributed by atoms with E-state index in [0.29, 0.717) is 17.6 Å². The molecule has 0 saturated heterocycles. The Morgan fingerprint density at radius 1 is 1.32 bits per heavy atom. The van der Waals surface area contributed by atoms with E-state index in [0.717, 1.165) is 0 Å². The Morgan fingerprint density at radius 3 is 2.68 bits per heavy atom. The van der Waals surface area contributed by atoms with Crippen LogP contribution in [0.15, 0.2) is 6.33 Å².